The van der Waals surface area contributed by atoms with Crippen LogP contribution in [0, 0.1) is 20.8 Å². The summed E-state index contributed by atoms with van der Waals surface area (Å²) in [5.74, 6) is 2.68. The number of rotatable bonds is 5. The van der Waals surface area contributed by atoms with Gasteiger partial charge in [-0.15, -0.1) is 0 Å². The van der Waals surface area contributed by atoms with Gasteiger partial charge in [-0.2, -0.15) is 0 Å². The third kappa shape index (κ3) is 3.51. The first-order valence-electron chi connectivity index (χ1n) is 10.8. The van der Waals surface area contributed by atoms with E-state index in [4.69, 9.17) is 20.0 Å². The number of aryl methyl sites for hydroxylation is 3. The fourth-order valence-corrected chi connectivity index (χ4v) is 4.25. The van der Waals surface area contributed by atoms with Crippen molar-refractivity contribution in [3.8, 4) is 16.9 Å². The van der Waals surface area contributed by atoms with E-state index in [1.165, 1.54) is 0 Å². The summed E-state index contributed by atoms with van der Waals surface area (Å²) in [4.78, 5) is 17.2. The van der Waals surface area contributed by atoms with E-state index in [1.807, 2.05) is 58.0 Å². The van der Waals surface area contributed by atoms with Crippen LogP contribution in [-0.4, -0.2) is 32.2 Å². The Morgan fingerprint density at radius 2 is 1.97 bits per heavy atom. The molecule has 1 aromatic carbocycles. The van der Waals surface area contributed by atoms with Crippen molar-refractivity contribution in [2.45, 2.75) is 27.7 Å². The summed E-state index contributed by atoms with van der Waals surface area (Å²) in [6, 6.07) is 9.70. The highest BCUT2D eigenvalue weighted by Gasteiger charge is 2.21. The number of H-pyrrole nitrogens is 1. The van der Waals surface area contributed by atoms with Gasteiger partial charge in [-0.1, -0.05) is 11.2 Å². The monoisotopic (exact) mass is 455 g/mol. The highest BCUT2D eigenvalue weighted by Crippen LogP contribution is 2.41. The Morgan fingerprint density at radius 3 is 2.62 bits per heavy atom. The zero-order valence-corrected chi connectivity index (χ0v) is 19.6. The SMILES string of the molecule is COc1cc2c(cc1-c1c(C)noc1C)[nH]c1nc(C)nc(NC(=C(C)N)c3ccccn3)c12. The summed E-state index contributed by atoms with van der Waals surface area (Å²) in [6.45, 7) is 7.49. The summed E-state index contributed by atoms with van der Waals surface area (Å²) in [5.41, 5.74) is 12.4. The normalized spacial score (nSPS) is 12.3. The largest absolute Gasteiger partial charge is 0.496 e. The molecule has 0 bridgehead atoms. The Kier molecular flexibility index (Phi) is 5.16. The minimum atomic E-state index is 0.598. The number of benzene rings is 1. The van der Waals surface area contributed by atoms with Gasteiger partial charge in [0.1, 0.15) is 28.8 Å². The molecular formula is C25H25N7O2. The molecule has 172 valence electrons. The molecule has 4 N–H and O–H groups in total. The molecule has 0 radical (unpaired) electrons. The van der Waals surface area contributed by atoms with Crippen LogP contribution in [0.25, 0.3) is 38.8 Å². The summed E-state index contributed by atoms with van der Waals surface area (Å²) < 4.78 is 11.2. The maximum absolute atomic E-state index is 6.23. The minimum Gasteiger partial charge on any atom is -0.496 e. The number of nitrogens with one attached hydrogen (secondary N) is 2. The van der Waals surface area contributed by atoms with Crippen molar-refractivity contribution in [2.75, 3.05) is 12.4 Å². The third-order valence-electron chi connectivity index (χ3n) is 5.74. The van der Waals surface area contributed by atoms with Gasteiger partial charge in [-0.25, -0.2) is 9.97 Å². The number of nitrogens with two attached hydrogens (primary N) is 1. The highest BCUT2D eigenvalue weighted by atomic mass is 16.5. The van der Waals surface area contributed by atoms with Crippen molar-refractivity contribution >= 4 is 33.5 Å². The average molecular weight is 456 g/mol. The number of allylic oxidation sites excluding steroid dienone is 1. The second-order valence-electron chi connectivity index (χ2n) is 8.16. The number of hydrogen-bond acceptors (Lipinski definition) is 8. The number of fused-ring (bicyclic) bond motifs is 3. The zero-order valence-electron chi connectivity index (χ0n) is 19.6. The lowest BCUT2D eigenvalue weighted by Gasteiger charge is -2.13. The lowest BCUT2D eigenvalue weighted by atomic mass is 10.0. The Bertz CT molecular complexity index is 1540. The van der Waals surface area contributed by atoms with Gasteiger partial charge >= 0.3 is 0 Å². The van der Waals surface area contributed by atoms with Gasteiger partial charge in [0, 0.05) is 28.4 Å². The molecule has 0 aliphatic rings. The molecule has 0 fully saturated rings. The third-order valence-corrected chi connectivity index (χ3v) is 5.74. The van der Waals surface area contributed by atoms with E-state index in [-0.39, 0.29) is 0 Å². The van der Waals surface area contributed by atoms with Crippen molar-refractivity contribution in [1.29, 1.82) is 0 Å². The van der Waals surface area contributed by atoms with E-state index in [1.54, 1.807) is 13.3 Å². The number of anilines is 1. The number of pyridine rings is 1. The number of aromatic amines is 1. The van der Waals surface area contributed by atoms with Gasteiger partial charge in [-0.05, 0) is 52.0 Å². The first kappa shape index (κ1) is 21.4. The van der Waals surface area contributed by atoms with Crippen LogP contribution in [0.3, 0.4) is 0 Å². The molecule has 0 saturated heterocycles. The molecule has 9 nitrogen and oxygen atoms in total. The Morgan fingerprint density at radius 1 is 1.15 bits per heavy atom. The molecule has 0 aliphatic carbocycles. The first-order valence-corrected chi connectivity index (χ1v) is 10.8. The van der Waals surface area contributed by atoms with E-state index in [0.717, 1.165) is 44.6 Å². The van der Waals surface area contributed by atoms with Gasteiger partial charge in [0.2, 0.25) is 0 Å². The van der Waals surface area contributed by atoms with E-state index >= 15 is 0 Å². The summed E-state index contributed by atoms with van der Waals surface area (Å²) >= 11 is 0. The van der Waals surface area contributed by atoms with E-state index in [0.29, 0.717) is 34.4 Å². The molecule has 0 unspecified atom stereocenters. The van der Waals surface area contributed by atoms with Crippen molar-refractivity contribution in [2.24, 2.45) is 5.73 Å². The molecule has 0 atom stereocenters. The van der Waals surface area contributed by atoms with Crippen LogP contribution >= 0.6 is 0 Å². The van der Waals surface area contributed by atoms with Gasteiger partial charge in [0.15, 0.2) is 0 Å². The van der Waals surface area contributed by atoms with Crippen molar-refractivity contribution in [3.63, 3.8) is 0 Å². The topological polar surface area (TPSA) is 128 Å². The van der Waals surface area contributed by atoms with Crippen molar-refractivity contribution in [3.05, 3.63) is 65.2 Å². The molecule has 0 spiro atoms. The maximum atomic E-state index is 6.23. The van der Waals surface area contributed by atoms with Crippen LogP contribution in [0.5, 0.6) is 5.75 Å². The van der Waals surface area contributed by atoms with E-state index in [2.05, 4.69) is 25.4 Å². The maximum Gasteiger partial charge on any atom is 0.144 e. The Hall–Kier alpha value is -4.40. The molecular weight excluding hydrogens is 430 g/mol. The lowest BCUT2D eigenvalue weighted by molar-refractivity contribution is 0.393. The number of ether oxygens (including phenoxy) is 1. The molecule has 5 rings (SSSR count). The fourth-order valence-electron chi connectivity index (χ4n) is 4.25. The number of aromatic nitrogens is 5. The van der Waals surface area contributed by atoms with Crippen LogP contribution in [0.4, 0.5) is 5.82 Å². The molecule has 0 amide bonds. The van der Waals surface area contributed by atoms with Crippen LogP contribution in [0.15, 0.2) is 46.7 Å². The number of hydrogen-bond donors (Lipinski definition) is 3. The summed E-state index contributed by atoms with van der Waals surface area (Å²) in [5, 5.41) is 9.26. The quantitative estimate of drug-likeness (QED) is 0.343. The molecule has 5 aromatic rings. The summed E-state index contributed by atoms with van der Waals surface area (Å²) in [6.07, 6.45) is 1.73. The molecule has 9 heteroatoms. The smallest absolute Gasteiger partial charge is 0.144 e. The molecule has 4 heterocycles. The van der Waals surface area contributed by atoms with Crippen LogP contribution in [0.2, 0.25) is 0 Å². The van der Waals surface area contributed by atoms with Gasteiger partial charge in [0.25, 0.3) is 0 Å². The van der Waals surface area contributed by atoms with Crippen molar-refractivity contribution in [1.82, 2.24) is 25.1 Å². The fraction of sp³-hybridized carbons (Fsp3) is 0.200. The van der Waals surface area contributed by atoms with Crippen LogP contribution in [-0.2, 0) is 0 Å². The number of nitrogens with zero attached hydrogens (tertiary/aromatic N) is 4. The van der Waals surface area contributed by atoms with E-state index < -0.39 is 0 Å². The second kappa shape index (κ2) is 8.18. The van der Waals surface area contributed by atoms with Crippen LogP contribution in [0.1, 0.15) is 29.9 Å². The lowest BCUT2D eigenvalue weighted by Crippen LogP contribution is -2.10. The molecule has 0 aliphatic heterocycles. The second-order valence-corrected chi connectivity index (χ2v) is 8.16. The predicted molar refractivity (Wildman–Crippen MR) is 132 cm³/mol. The Balaban J connectivity index is 1.74. The first-order chi connectivity index (χ1) is 16.4. The van der Waals surface area contributed by atoms with Gasteiger partial charge in [0.05, 0.1) is 35.1 Å². The van der Waals surface area contributed by atoms with Crippen LogP contribution < -0.4 is 15.8 Å². The van der Waals surface area contributed by atoms with Crippen molar-refractivity contribution < 1.29 is 9.26 Å². The standard InChI is InChI=1S/C25H25N7O2/c1-12(26)23(18-8-6-7-9-27-18)31-25-22-16-11-20(33-5)17(21-13(2)32-34-14(21)3)10-19(16)30-24(22)28-15(4)29-25/h6-11H,26H2,1-5H3,(H2,28,29,30,31). The van der Waals surface area contributed by atoms with E-state index in [9.17, 15) is 0 Å². The molecule has 4 aromatic heterocycles. The predicted octanol–water partition coefficient (Wildman–Crippen LogP) is 4.85. The zero-order chi connectivity index (χ0) is 24.0. The minimum absolute atomic E-state index is 0.598. The number of methoxy groups -OCH3 is 1. The van der Waals surface area contributed by atoms with Gasteiger partial charge < -0.3 is 25.3 Å². The Labute approximate surface area is 196 Å². The van der Waals surface area contributed by atoms with Gasteiger partial charge in [-0.3, -0.25) is 4.98 Å². The average Bonchev–Trinajstić information content (AvgIpc) is 3.34. The molecule has 34 heavy (non-hydrogen) atoms. The highest BCUT2D eigenvalue weighted by molar-refractivity contribution is 6.13. The molecule has 0 saturated carbocycles. The summed E-state index contributed by atoms with van der Waals surface area (Å²) in [7, 11) is 1.65.